The molecule has 0 aliphatic carbocycles. The number of hydrogen-bond donors (Lipinski definition) is 0. The maximum atomic E-state index is 12.7. The molecule has 5 nitrogen and oxygen atoms in total. The van der Waals surface area contributed by atoms with Gasteiger partial charge in [0.1, 0.15) is 11.5 Å². The minimum absolute atomic E-state index is 0.232. The zero-order valence-electron chi connectivity index (χ0n) is 15.2. The number of benzene rings is 1. The summed E-state index contributed by atoms with van der Waals surface area (Å²) in [4.78, 5) is 14.8. The molecule has 0 bridgehead atoms. The molecule has 0 N–H and O–H groups in total. The first-order valence-electron chi connectivity index (χ1n) is 8.92. The fraction of sp³-hybridized carbons (Fsp3) is 0.500. The van der Waals surface area contributed by atoms with Crippen molar-refractivity contribution in [2.24, 2.45) is 0 Å². The van der Waals surface area contributed by atoms with Crippen LogP contribution in [0.3, 0.4) is 0 Å². The minimum atomic E-state index is 0.232. The molecule has 25 heavy (non-hydrogen) atoms. The third kappa shape index (κ3) is 4.03. The van der Waals surface area contributed by atoms with Crippen LogP contribution in [0.1, 0.15) is 41.8 Å². The molecule has 1 unspecified atom stereocenters. The molecule has 1 aromatic carbocycles. The van der Waals surface area contributed by atoms with E-state index in [-0.39, 0.29) is 5.91 Å². The van der Waals surface area contributed by atoms with E-state index in [0.717, 1.165) is 48.6 Å². The second-order valence-corrected chi connectivity index (χ2v) is 6.74. The van der Waals surface area contributed by atoms with E-state index in [2.05, 4.69) is 22.2 Å². The molecule has 0 saturated carbocycles. The second-order valence-electron chi connectivity index (χ2n) is 6.74. The Kier molecular flexibility index (Phi) is 5.41. The lowest BCUT2D eigenvalue weighted by molar-refractivity contribution is -0.131. The van der Waals surface area contributed by atoms with Gasteiger partial charge >= 0.3 is 0 Å². The Hall–Kier alpha value is -2.30. The van der Waals surface area contributed by atoms with E-state index in [9.17, 15) is 4.79 Å². The number of nitrogens with zero attached hydrogens (tertiary/aromatic N) is 2. The van der Waals surface area contributed by atoms with E-state index in [1.165, 1.54) is 5.56 Å². The van der Waals surface area contributed by atoms with Crippen molar-refractivity contribution in [3.05, 3.63) is 46.8 Å². The van der Waals surface area contributed by atoms with Crippen LogP contribution in [-0.2, 0) is 17.6 Å². The summed E-state index contributed by atoms with van der Waals surface area (Å²) in [5, 5.41) is 3.97. The van der Waals surface area contributed by atoms with Gasteiger partial charge < -0.3 is 14.2 Å². The van der Waals surface area contributed by atoms with Crippen molar-refractivity contribution in [2.45, 2.75) is 52.0 Å². The quantitative estimate of drug-likeness (QED) is 0.807. The van der Waals surface area contributed by atoms with Crippen molar-refractivity contribution in [3.63, 3.8) is 0 Å². The SMILES string of the molecule is COc1ccc(CC2CCCN2C(=O)CCc2c(C)noc2C)cc1. The average molecular weight is 342 g/mol. The second kappa shape index (κ2) is 7.72. The number of amides is 1. The van der Waals surface area contributed by atoms with Crippen LogP contribution in [0, 0.1) is 13.8 Å². The summed E-state index contributed by atoms with van der Waals surface area (Å²) in [6, 6.07) is 8.43. The first-order valence-corrected chi connectivity index (χ1v) is 8.92. The highest BCUT2D eigenvalue weighted by molar-refractivity contribution is 5.77. The average Bonchev–Trinajstić information content (AvgIpc) is 3.20. The Balaban J connectivity index is 1.59. The summed E-state index contributed by atoms with van der Waals surface area (Å²) in [6.07, 6.45) is 4.27. The highest BCUT2D eigenvalue weighted by atomic mass is 16.5. The summed E-state index contributed by atoms with van der Waals surface area (Å²) < 4.78 is 10.4. The number of aryl methyl sites for hydroxylation is 2. The van der Waals surface area contributed by atoms with Gasteiger partial charge in [-0.25, -0.2) is 0 Å². The van der Waals surface area contributed by atoms with Crippen molar-refractivity contribution in [1.29, 1.82) is 0 Å². The predicted octanol–water partition coefficient (Wildman–Crippen LogP) is 3.47. The first kappa shape index (κ1) is 17.5. The van der Waals surface area contributed by atoms with Crippen molar-refractivity contribution in [1.82, 2.24) is 10.1 Å². The Labute approximate surface area is 148 Å². The van der Waals surface area contributed by atoms with Crippen LogP contribution in [-0.4, -0.2) is 35.7 Å². The van der Waals surface area contributed by atoms with Gasteiger partial charge in [-0.1, -0.05) is 17.3 Å². The van der Waals surface area contributed by atoms with Crippen molar-refractivity contribution in [2.75, 3.05) is 13.7 Å². The summed E-state index contributed by atoms with van der Waals surface area (Å²) >= 11 is 0. The van der Waals surface area contributed by atoms with Gasteiger partial charge in [-0.2, -0.15) is 0 Å². The summed E-state index contributed by atoms with van der Waals surface area (Å²) in [5.41, 5.74) is 3.21. The third-order valence-corrected chi connectivity index (χ3v) is 5.10. The third-order valence-electron chi connectivity index (χ3n) is 5.10. The Morgan fingerprint density at radius 2 is 2.08 bits per heavy atom. The lowest BCUT2D eigenvalue weighted by Crippen LogP contribution is -2.37. The van der Waals surface area contributed by atoms with E-state index in [1.807, 2.05) is 26.0 Å². The van der Waals surface area contributed by atoms with Crippen LogP contribution < -0.4 is 4.74 Å². The zero-order valence-corrected chi connectivity index (χ0v) is 15.2. The summed E-state index contributed by atoms with van der Waals surface area (Å²) in [7, 11) is 1.67. The molecule has 1 aliphatic rings. The van der Waals surface area contributed by atoms with E-state index < -0.39 is 0 Å². The van der Waals surface area contributed by atoms with E-state index >= 15 is 0 Å². The Bertz CT molecular complexity index is 702. The molecule has 1 aromatic heterocycles. The highest BCUT2D eigenvalue weighted by Gasteiger charge is 2.28. The molecule has 3 rings (SSSR count). The van der Waals surface area contributed by atoms with Crippen LogP contribution in [0.2, 0.25) is 0 Å². The van der Waals surface area contributed by atoms with E-state index in [4.69, 9.17) is 9.26 Å². The van der Waals surface area contributed by atoms with E-state index in [1.54, 1.807) is 7.11 Å². The molecule has 1 aliphatic heterocycles. The molecular weight excluding hydrogens is 316 g/mol. The van der Waals surface area contributed by atoms with E-state index in [0.29, 0.717) is 18.9 Å². The number of aromatic nitrogens is 1. The topological polar surface area (TPSA) is 55.6 Å². The van der Waals surface area contributed by atoms with Gasteiger partial charge in [0, 0.05) is 24.6 Å². The van der Waals surface area contributed by atoms with Gasteiger partial charge in [-0.15, -0.1) is 0 Å². The predicted molar refractivity (Wildman–Crippen MR) is 95.7 cm³/mol. The molecule has 2 aromatic rings. The maximum absolute atomic E-state index is 12.7. The fourth-order valence-electron chi connectivity index (χ4n) is 3.64. The van der Waals surface area contributed by atoms with Crippen LogP contribution in [0.5, 0.6) is 5.75 Å². The molecule has 0 spiro atoms. The van der Waals surface area contributed by atoms with Crippen LogP contribution in [0.15, 0.2) is 28.8 Å². The molecule has 134 valence electrons. The number of ether oxygens (including phenoxy) is 1. The number of rotatable bonds is 6. The lowest BCUT2D eigenvalue weighted by atomic mass is 10.0. The fourth-order valence-corrected chi connectivity index (χ4v) is 3.64. The van der Waals surface area contributed by atoms with Gasteiger partial charge in [0.15, 0.2) is 0 Å². The Morgan fingerprint density at radius 1 is 1.32 bits per heavy atom. The number of likely N-dealkylation sites (tertiary alicyclic amines) is 1. The van der Waals surface area contributed by atoms with Gasteiger partial charge in [-0.05, 0) is 57.2 Å². The normalized spacial score (nSPS) is 17.1. The van der Waals surface area contributed by atoms with Gasteiger partial charge in [-0.3, -0.25) is 4.79 Å². The molecule has 1 atom stereocenters. The largest absolute Gasteiger partial charge is 0.497 e. The number of hydrogen-bond acceptors (Lipinski definition) is 4. The standard InChI is InChI=1S/C20H26N2O3/c1-14-19(15(2)25-21-14)10-11-20(23)22-12-4-5-17(22)13-16-6-8-18(24-3)9-7-16/h6-9,17H,4-5,10-13H2,1-3H3. The number of carbonyl (C=O) groups is 1. The molecule has 2 heterocycles. The monoisotopic (exact) mass is 342 g/mol. The molecule has 1 fully saturated rings. The summed E-state index contributed by atoms with van der Waals surface area (Å²) in [5.74, 6) is 1.92. The lowest BCUT2D eigenvalue weighted by Gasteiger charge is -2.25. The molecule has 5 heteroatoms. The van der Waals surface area contributed by atoms with Gasteiger partial charge in [0.2, 0.25) is 5.91 Å². The summed E-state index contributed by atoms with van der Waals surface area (Å²) in [6.45, 7) is 4.70. The van der Waals surface area contributed by atoms with Crippen molar-refractivity contribution >= 4 is 5.91 Å². The van der Waals surface area contributed by atoms with Crippen LogP contribution in [0.4, 0.5) is 0 Å². The first-order chi connectivity index (χ1) is 12.1. The zero-order chi connectivity index (χ0) is 17.8. The van der Waals surface area contributed by atoms with Crippen molar-refractivity contribution < 1.29 is 14.1 Å². The van der Waals surface area contributed by atoms with Crippen LogP contribution >= 0.6 is 0 Å². The number of methoxy groups -OCH3 is 1. The molecule has 1 amide bonds. The van der Waals surface area contributed by atoms with Gasteiger partial charge in [0.05, 0.1) is 12.8 Å². The molecule has 0 radical (unpaired) electrons. The maximum Gasteiger partial charge on any atom is 0.223 e. The highest BCUT2D eigenvalue weighted by Crippen LogP contribution is 2.24. The smallest absolute Gasteiger partial charge is 0.223 e. The molecular formula is C20H26N2O3. The minimum Gasteiger partial charge on any atom is -0.497 e. The number of carbonyl (C=O) groups excluding carboxylic acids is 1. The van der Waals surface area contributed by atoms with Crippen LogP contribution in [0.25, 0.3) is 0 Å². The Morgan fingerprint density at radius 3 is 2.72 bits per heavy atom. The molecule has 1 saturated heterocycles. The van der Waals surface area contributed by atoms with Crippen molar-refractivity contribution in [3.8, 4) is 5.75 Å². The van der Waals surface area contributed by atoms with Gasteiger partial charge in [0.25, 0.3) is 0 Å².